The van der Waals surface area contributed by atoms with Crippen LogP contribution in [0.5, 0.6) is 0 Å². The fraction of sp³-hybridized carbons (Fsp3) is 0.538. The second-order valence-electron chi connectivity index (χ2n) is 5.08. The van der Waals surface area contributed by atoms with Crippen molar-refractivity contribution in [3.8, 4) is 0 Å². The van der Waals surface area contributed by atoms with Gasteiger partial charge in [0.1, 0.15) is 0 Å². The van der Waals surface area contributed by atoms with E-state index < -0.39 is 0 Å². The Labute approximate surface area is 126 Å². The molecule has 1 atom stereocenters. The summed E-state index contributed by atoms with van der Waals surface area (Å²) in [5.74, 6) is 0.590. The van der Waals surface area contributed by atoms with Crippen molar-refractivity contribution in [2.24, 2.45) is 11.7 Å². The molecule has 1 aromatic rings. The maximum absolute atomic E-state index is 10.7. The average Bonchev–Trinajstić information content (AvgIpc) is 2.38. The lowest BCUT2D eigenvalue weighted by Crippen LogP contribution is -2.40. The molecule has 1 aromatic carbocycles. The van der Waals surface area contributed by atoms with E-state index in [2.05, 4.69) is 34.4 Å². The first kappa shape index (κ1) is 14.5. The van der Waals surface area contributed by atoms with Crippen molar-refractivity contribution in [3.63, 3.8) is 0 Å². The van der Waals surface area contributed by atoms with Gasteiger partial charge in [-0.1, -0.05) is 0 Å². The minimum absolute atomic E-state index is 0.151. The van der Waals surface area contributed by atoms with Gasteiger partial charge in [-0.15, -0.1) is 0 Å². The number of non-ortho nitro benzene ring substituents is 1. The molecule has 2 N–H and O–H groups in total. The van der Waals surface area contributed by atoms with Crippen molar-refractivity contribution < 1.29 is 4.92 Å². The van der Waals surface area contributed by atoms with Crippen molar-refractivity contribution in [2.75, 3.05) is 18.0 Å². The van der Waals surface area contributed by atoms with Gasteiger partial charge >= 0.3 is 0 Å². The van der Waals surface area contributed by atoms with Crippen molar-refractivity contribution >= 4 is 34.0 Å². The molecule has 1 saturated heterocycles. The summed E-state index contributed by atoms with van der Waals surface area (Å²) in [7, 11) is 0. The summed E-state index contributed by atoms with van der Waals surface area (Å²) in [6.45, 7) is 4.01. The van der Waals surface area contributed by atoms with Crippen LogP contribution in [0, 0.1) is 19.6 Å². The highest BCUT2D eigenvalue weighted by Gasteiger charge is 2.23. The summed E-state index contributed by atoms with van der Waals surface area (Å²) >= 11 is 2.17. The molecule has 1 aliphatic heterocycles. The smallest absolute Gasteiger partial charge is 0.270 e. The van der Waals surface area contributed by atoms with Crippen LogP contribution in [-0.2, 0) is 0 Å². The zero-order valence-corrected chi connectivity index (χ0v) is 13.0. The monoisotopic (exact) mass is 375 g/mol. The number of hydrogen-bond acceptors (Lipinski definition) is 4. The fourth-order valence-corrected chi connectivity index (χ4v) is 3.37. The Kier molecular flexibility index (Phi) is 4.62. The van der Waals surface area contributed by atoms with Gasteiger partial charge in [-0.2, -0.15) is 0 Å². The van der Waals surface area contributed by atoms with E-state index >= 15 is 0 Å². The summed E-state index contributed by atoms with van der Waals surface area (Å²) in [6.07, 6.45) is 2.18. The van der Waals surface area contributed by atoms with Gasteiger partial charge in [0.05, 0.1) is 10.6 Å². The lowest BCUT2D eigenvalue weighted by molar-refractivity contribution is -0.384. The second-order valence-corrected chi connectivity index (χ2v) is 6.24. The Morgan fingerprint density at radius 2 is 2.11 bits per heavy atom. The van der Waals surface area contributed by atoms with E-state index in [0.29, 0.717) is 5.92 Å². The van der Waals surface area contributed by atoms with Crippen LogP contribution in [0.1, 0.15) is 19.8 Å². The first-order valence-electron chi connectivity index (χ1n) is 6.43. The van der Waals surface area contributed by atoms with Crippen molar-refractivity contribution in [1.82, 2.24) is 0 Å². The Hall–Kier alpha value is -0.890. The molecule has 0 amide bonds. The van der Waals surface area contributed by atoms with E-state index in [0.717, 1.165) is 35.2 Å². The molecule has 2 rings (SSSR count). The summed E-state index contributed by atoms with van der Waals surface area (Å²) in [4.78, 5) is 12.7. The van der Waals surface area contributed by atoms with Crippen LogP contribution in [0.2, 0.25) is 0 Å². The molecule has 19 heavy (non-hydrogen) atoms. The zero-order chi connectivity index (χ0) is 14.0. The van der Waals surface area contributed by atoms with Gasteiger partial charge in [0.2, 0.25) is 0 Å². The number of nitro benzene ring substituents is 1. The number of halogens is 1. The Bertz CT molecular complexity index is 471. The first-order chi connectivity index (χ1) is 8.99. The average molecular weight is 375 g/mol. The third-order valence-electron chi connectivity index (χ3n) is 3.77. The van der Waals surface area contributed by atoms with Crippen LogP contribution in [0.15, 0.2) is 18.2 Å². The van der Waals surface area contributed by atoms with Crippen LogP contribution in [0.25, 0.3) is 0 Å². The van der Waals surface area contributed by atoms with Gasteiger partial charge in [-0.3, -0.25) is 10.1 Å². The summed E-state index contributed by atoms with van der Waals surface area (Å²) in [5.41, 5.74) is 7.18. The normalized spacial score (nSPS) is 18.4. The molecule has 0 bridgehead atoms. The summed E-state index contributed by atoms with van der Waals surface area (Å²) in [5, 5.41) is 10.7. The zero-order valence-electron chi connectivity index (χ0n) is 10.9. The van der Waals surface area contributed by atoms with E-state index in [-0.39, 0.29) is 16.7 Å². The van der Waals surface area contributed by atoms with Gasteiger partial charge in [0.25, 0.3) is 5.69 Å². The molecule has 1 aliphatic rings. The molecule has 0 radical (unpaired) electrons. The molecule has 0 spiro atoms. The maximum Gasteiger partial charge on any atom is 0.270 e. The van der Waals surface area contributed by atoms with Crippen LogP contribution in [-0.4, -0.2) is 24.1 Å². The van der Waals surface area contributed by atoms with Crippen LogP contribution in [0.3, 0.4) is 0 Å². The van der Waals surface area contributed by atoms with Crippen LogP contribution >= 0.6 is 22.6 Å². The number of anilines is 1. The number of nitrogens with two attached hydrogens (primary N) is 1. The van der Waals surface area contributed by atoms with E-state index in [1.54, 1.807) is 12.1 Å². The highest BCUT2D eigenvalue weighted by Crippen LogP contribution is 2.30. The fourth-order valence-electron chi connectivity index (χ4n) is 2.53. The predicted octanol–water partition coefficient (Wildman–Crippen LogP) is 2.76. The molecule has 0 aromatic heterocycles. The maximum atomic E-state index is 10.7. The topological polar surface area (TPSA) is 72.4 Å². The molecule has 104 valence electrons. The molecule has 1 heterocycles. The number of hydrogen-bond donors (Lipinski definition) is 1. The van der Waals surface area contributed by atoms with Crippen LogP contribution in [0.4, 0.5) is 11.4 Å². The third-order valence-corrected chi connectivity index (χ3v) is 4.63. The molecule has 5 nitrogen and oxygen atoms in total. The minimum Gasteiger partial charge on any atom is -0.371 e. The van der Waals surface area contributed by atoms with Gasteiger partial charge in [-0.05, 0) is 54.3 Å². The van der Waals surface area contributed by atoms with Crippen molar-refractivity contribution in [3.05, 3.63) is 31.9 Å². The summed E-state index contributed by atoms with van der Waals surface area (Å²) < 4.78 is 0.936. The largest absolute Gasteiger partial charge is 0.371 e. The second kappa shape index (κ2) is 6.04. The molecule has 1 fully saturated rings. The van der Waals surface area contributed by atoms with Gasteiger partial charge in [-0.25, -0.2) is 0 Å². The first-order valence-corrected chi connectivity index (χ1v) is 7.51. The molecule has 0 saturated carbocycles. The Morgan fingerprint density at radius 1 is 1.47 bits per heavy atom. The lowest BCUT2D eigenvalue weighted by Gasteiger charge is -2.35. The minimum atomic E-state index is -0.353. The highest BCUT2D eigenvalue weighted by molar-refractivity contribution is 14.1. The molecular weight excluding hydrogens is 357 g/mol. The highest BCUT2D eigenvalue weighted by atomic mass is 127. The predicted molar refractivity (Wildman–Crippen MR) is 84.4 cm³/mol. The van der Waals surface area contributed by atoms with Crippen LogP contribution < -0.4 is 10.6 Å². The lowest BCUT2D eigenvalue weighted by atomic mass is 9.91. The quantitative estimate of drug-likeness (QED) is 0.501. The number of nitro groups is 1. The molecular formula is C13H18IN3O2. The molecule has 0 aliphatic carbocycles. The molecule has 6 heteroatoms. The van der Waals surface area contributed by atoms with E-state index in [1.807, 2.05) is 6.07 Å². The third kappa shape index (κ3) is 3.36. The molecule has 1 unspecified atom stereocenters. The summed E-state index contributed by atoms with van der Waals surface area (Å²) in [6, 6.07) is 5.31. The SMILES string of the molecule is CC(N)C1CCN(c2ccc([N+](=O)[O-])cc2I)CC1. The van der Waals surface area contributed by atoms with Gasteiger partial charge in [0.15, 0.2) is 0 Å². The standard InChI is InChI=1S/C13H18IN3O2/c1-9(15)10-4-6-16(7-5-10)13-3-2-11(17(18)19)8-12(13)14/h2-3,8-10H,4-7,15H2,1H3. The Balaban J connectivity index is 2.09. The van der Waals surface area contributed by atoms with E-state index in [1.165, 1.54) is 0 Å². The number of nitrogens with zero attached hydrogens (tertiary/aromatic N) is 2. The van der Waals surface area contributed by atoms with E-state index in [9.17, 15) is 10.1 Å². The number of rotatable bonds is 3. The van der Waals surface area contributed by atoms with E-state index in [4.69, 9.17) is 5.73 Å². The van der Waals surface area contributed by atoms with Crippen molar-refractivity contribution in [1.29, 1.82) is 0 Å². The van der Waals surface area contributed by atoms with Gasteiger partial charge in [0, 0.05) is 34.8 Å². The van der Waals surface area contributed by atoms with Crippen molar-refractivity contribution in [2.45, 2.75) is 25.8 Å². The number of piperidine rings is 1. The Morgan fingerprint density at radius 3 is 2.58 bits per heavy atom. The van der Waals surface area contributed by atoms with Gasteiger partial charge < -0.3 is 10.6 Å². The number of benzene rings is 1.